The van der Waals surface area contributed by atoms with Gasteiger partial charge in [0.1, 0.15) is 0 Å². The highest BCUT2D eigenvalue weighted by molar-refractivity contribution is 5.77. The summed E-state index contributed by atoms with van der Waals surface area (Å²) in [6.45, 7) is 3.46. The van der Waals surface area contributed by atoms with E-state index in [1.807, 2.05) is 0 Å². The van der Waals surface area contributed by atoms with Gasteiger partial charge in [-0.25, -0.2) is 0 Å². The molecule has 0 bridgehead atoms. The van der Waals surface area contributed by atoms with E-state index in [4.69, 9.17) is 0 Å². The summed E-state index contributed by atoms with van der Waals surface area (Å²) in [6, 6.07) is 0. The Morgan fingerprint density at radius 2 is 2.08 bits per heavy atom. The molecule has 1 N–H and O–H groups in total. The molecule has 0 aromatic carbocycles. The van der Waals surface area contributed by atoms with Gasteiger partial charge in [0.15, 0.2) is 0 Å². The van der Waals surface area contributed by atoms with Crippen molar-refractivity contribution in [3.05, 3.63) is 12.8 Å². The van der Waals surface area contributed by atoms with Crippen LogP contribution in [0.1, 0.15) is 38.5 Å². The zero-order valence-electron chi connectivity index (χ0n) is 7.51. The molecule has 0 heterocycles. The van der Waals surface area contributed by atoms with Crippen molar-refractivity contribution in [1.82, 2.24) is 5.32 Å². The number of carbonyl (C=O) groups is 1. The van der Waals surface area contributed by atoms with Gasteiger partial charge in [0.05, 0.1) is 0 Å². The predicted octanol–water partition coefficient (Wildman–Crippen LogP) is 2.22. The maximum Gasteiger partial charge on any atom is 0.224 e. The van der Waals surface area contributed by atoms with Gasteiger partial charge < -0.3 is 5.32 Å². The van der Waals surface area contributed by atoms with E-state index in [1.54, 1.807) is 0 Å². The van der Waals surface area contributed by atoms with E-state index in [0.29, 0.717) is 12.3 Å². The first kappa shape index (κ1) is 9.30. The van der Waals surface area contributed by atoms with Gasteiger partial charge in [0, 0.05) is 6.42 Å². The van der Waals surface area contributed by atoms with Crippen LogP contribution in [0.4, 0.5) is 0 Å². The van der Waals surface area contributed by atoms with E-state index in [2.05, 4.69) is 11.9 Å². The number of amides is 1. The quantitative estimate of drug-likeness (QED) is 0.686. The maximum atomic E-state index is 11.1. The van der Waals surface area contributed by atoms with Crippen molar-refractivity contribution < 1.29 is 4.79 Å². The van der Waals surface area contributed by atoms with Crippen molar-refractivity contribution in [2.75, 3.05) is 0 Å². The highest BCUT2D eigenvalue weighted by Crippen LogP contribution is 2.25. The van der Waals surface area contributed by atoms with Crippen LogP contribution in [0.15, 0.2) is 12.8 Å². The summed E-state index contributed by atoms with van der Waals surface area (Å²) in [6.07, 6.45) is 8.55. The summed E-state index contributed by atoms with van der Waals surface area (Å²) in [5, 5.41) is 2.62. The van der Waals surface area contributed by atoms with E-state index in [9.17, 15) is 4.79 Å². The second-order valence-electron chi connectivity index (χ2n) is 3.48. The molecule has 1 amide bonds. The lowest BCUT2D eigenvalue weighted by molar-refractivity contribution is -0.121. The average Bonchev–Trinajstić information content (AvgIpc) is 2.06. The Balaban J connectivity index is 2.19. The molecule has 0 unspecified atom stereocenters. The Morgan fingerprint density at radius 1 is 1.42 bits per heavy atom. The molecule has 0 radical (unpaired) electrons. The van der Waals surface area contributed by atoms with Crippen molar-refractivity contribution in [2.45, 2.75) is 38.5 Å². The van der Waals surface area contributed by atoms with Crippen LogP contribution in [0.5, 0.6) is 0 Å². The molecular weight excluding hydrogens is 150 g/mol. The topological polar surface area (TPSA) is 29.1 Å². The number of hydrogen-bond acceptors (Lipinski definition) is 1. The molecule has 68 valence electrons. The summed E-state index contributed by atoms with van der Waals surface area (Å²) in [5.41, 5.74) is 0. The van der Waals surface area contributed by atoms with Crippen molar-refractivity contribution in [3.8, 4) is 0 Å². The van der Waals surface area contributed by atoms with E-state index >= 15 is 0 Å². The van der Waals surface area contributed by atoms with E-state index in [1.165, 1.54) is 38.3 Å². The minimum Gasteiger partial charge on any atom is -0.333 e. The van der Waals surface area contributed by atoms with Crippen LogP contribution in [-0.4, -0.2) is 5.91 Å². The second-order valence-corrected chi connectivity index (χ2v) is 3.48. The number of rotatable bonds is 3. The van der Waals surface area contributed by atoms with Crippen LogP contribution < -0.4 is 5.32 Å². The zero-order chi connectivity index (χ0) is 8.81. The second kappa shape index (κ2) is 4.96. The third-order valence-electron chi connectivity index (χ3n) is 2.46. The van der Waals surface area contributed by atoms with Crippen LogP contribution in [0, 0.1) is 5.92 Å². The predicted molar refractivity (Wildman–Crippen MR) is 49.5 cm³/mol. The summed E-state index contributed by atoms with van der Waals surface area (Å²) >= 11 is 0. The van der Waals surface area contributed by atoms with Gasteiger partial charge in [0.2, 0.25) is 5.91 Å². The minimum atomic E-state index is 0.122. The first-order chi connectivity index (χ1) is 5.83. The summed E-state index contributed by atoms with van der Waals surface area (Å²) in [7, 11) is 0. The highest BCUT2D eigenvalue weighted by Gasteiger charge is 2.15. The monoisotopic (exact) mass is 167 g/mol. The van der Waals surface area contributed by atoms with Gasteiger partial charge in [-0.2, -0.15) is 0 Å². The molecule has 1 saturated carbocycles. The Morgan fingerprint density at radius 3 is 2.67 bits per heavy atom. The zero-order valence-corrected chi connectivity index (χ0v) is 7.51. The van der Waals surface area contributed by atoms with Crippen molar-refractivity contribution in [3.63, 3.8) is 0 Å². The molecule has 1 rings (SSSR count). The van der Waals surface area contributed by atoms with Crippen LogP contribution in [0.25, 0.3) is 0 Å². The molecule has 2 heteroatoms. The summed E-state index contributed by atoms with van der Waals surface area (Å²) in [5.74, 6) is 0.746. The fourth-order valence-electron chi connectivity index (χ4n) is 1.83. The van der Waals surface area contributed by atoms with Crippen LogP contribution in [-0.2, 0) is 4.79 Å². The maximum absolute atomic E-state index is 11.1. The fraction of sp³-hybridized carbons (Fsp3) is 0.700. The van der Waals surface area contributed by atoms with Gasteiger partial charge in [0.25, 0.3) is 0 Å². The lowest BCUT2D eigenvalue weighted by Gasteiger charge is -2.20. The Labute approximate surface area is 74.0 Å². The molecule has 0 spiro atoms. The summed E-state index contributed by atoms with van der Waals surface area (Å²) in [4.78, 5) is 11.1. The Kier molecular flexibility index (Phi) is 3.85. The molecule has 0 aliphatic heterocycles. The molecule has 0 saturated heterocycles. The minimum absolute atomic E-state index is 0.122. The molecule has 1 aliphatic carbocycles. The molecule has 12 heavy (non-hydrogen) atoms. The average molecular weight is 167 g/mol. The largest absolute Gasteiger partial charge is 0.333 e. The molecule has 0 aromatic rings. The van der Waals surface area contributed by atoms with Crippen molar-refractivity contribution >= 4 is 5.91 Å². The molecule has 1 aliphatic rings. The fourth-order valence-corrected chi connectivity index (χ4v) is 1.83. The third kappa shape index (κ3) is 3.07. The lowest BCUT2D eigenvalue weighted by atomic mass is 9.87. The first-order valence-electron chi connectivity index (χ1n) is 4.73. The highest BCUT2D eigenvalue weighted by atomic mass is 16.1. The molecule has 1 fully saturated rings. The summed E-state index contributed by atoms with van der Waals surface area (Å²) < 4.78 is 0. The van der Waals surface area contributed by atoms with Gasteiger partial charge in [-0.1, -0.05) is 25.8 Å². The molecular formula is C10H17NO. The van der Waals surface area contributed by atoms with Crippen molar-refractivity contribution in [2.24, 2.45) is 5.92 Å². The standard InChI is InChI=1S/C10H17NO/c1-2-11-10(12)8-9-6-4-3-5-7-9/h2,9H,1,3-8H2,(H,11,12). The smallest absolute Gasteiger partial charge is 0.224 e. The molecule has 0 atom stereocenters. The van der Waals surface area contributed by atoms with Gasteiger partial charge >= 0.3 is 0 Å². The third-order valence-corrected chi connectivity index (χ3v) is 2.46. The Hall–Kier alpha value is -0.790. The van der Waals surface area contributed by atoms with Crippen LogP contribution in [0.2, 0.25) is 0 Å². The number of carbonyl (C=O) groups excluding carboxylic acids is 1. The van der Waals surface area contributed by atoms with Gasteiger partial charge in [-0.05, 0) is 25.0 Å². The SMILES string of the molecule is C=CNC(=O)CC1CCCCC1. The van der Waals surface area contributed by atoms with Gasteiger partial charge in [-0.15, -0.1) is 0 Å². The van der Waals surface area contributed by atoms with Gasteiger partial charge in [-0.3, -0.25) is 4.79 Å². The van der Waals surface area contributed by atoms with E-state index < -0.39 is 0 Å². The van der Waals surface area contributed by atoms with E-state index in [-0.39, 0.29) is 5.91 Å². The van der Waals surface area contributed by atoms with Crippen molar-refractivity contribution in [1.29, 1.82) is 0 Å². The number of hydrogen-bond donors (Lipinski definition) is 1. The Bertz CT molecular complexity index is 159. The first-order valence-corrected chi connectivity index (χ1v) is 4.73. The van der Waals surface area contributed by atoms with Crippen LogP contribution in [0.3, 0.4) is 0 Å². The molecule has 2 nitrogen and oxygen atoms in total. The molecule has 0 aromatic heterocycles. The normalized spacial score (nSPS) is 18.7. The van der Waals surface area contributed by atoms with E-state index in [0.717, 1.165) is 0 Å². The number of nitrogens with one attached hydrogen (secondary N) is 1. The lowest BCUT2D eigenvalue weighted by Crippen LogP contribution is -2.21. The van der Waals surface area contributed by atoms with Crippen LogP contribution >= 0.6 is 0 Å².